The first kappa shape index (κ1) is 14.0. The van der Waals surface area contributed by atoms with Gasteiger partial charge >= 0.3 is 0 Å². The third kappa shape index (κ3) is 3.49. The van der Waals surface area contributed by atoms with Crippen LogP contribution >= 0.6 is 31.9 Å². The van der Waals surface area contributed by atoms with Crippen LogP contribution in [0.15, 0.2) is 22.7 Å². The summed E-state index contributed by atoms with van der Waals surface area (Å²) in [7, 11) is 0. The molecule has 0 amide bonds. The maximum absolute atomic E-state index is 3.56. The SMILES string of the molecule is CCCN(c1cc(Br)ccc1CBr)C(C)C. The van der Waals surface area contributed by atoms with Crippen molar-refractivity contribution < 1.29 is 0 Å². The number of halogens is 2. The van der Waals surface area contributed by atoms with Gasteiger partial charge in [0, 0.05) is 28.1 Å². The Labute approximate surface area is 115 Å². The second-order valence-corrected chi connectivity index (χ2v) is 5.67. The highest BCUT2D eigenvalue weighted by atomic mass is 79.9. The lowest BCUT2D eigenvalue weighted by molar-refractivity contribution is 0.669. The molecule has 0 spiro atoms. The Morgan fingerprint density at radius 2 is 2.00 bits per heavy atom. The monoisotopic (exact) mass is 347 g/mol. The minimum absolute atomic E-state index is 0.534. The molecule has 0 fully saturated rings. The third-order valence-electron chi connectivity index (χ3n) is 2.59. The molecule has 0 aliphatic heterocycles. The molecule has 1 aromatic rings. The Hall–Kier alpha value is -0.0200. The van der Waals surface area contributed by atoms with Crippen molar-refractivity contribution in [3.63, 3.8) is 0 Å². The predicted molar refractivity (Wildman–Crippen MR) is 79.5 cm³/mol. The van der Waals surface area contributed by atoms with Crippen molar-refractivity contribution in [1.29, 1.82) is 0 Å². The van der Waals surface area contributed by atoms with Crippen molar-refractivity contribution in [2.45, 2.75) is 38.6 Å². The van der Waals surface area contributed by atoms with Gasteiger partial charge in [0.2, 0.25) is 0 Å². The van der Waals surface area contributed by atoms with Crippen molar-refractivity contribution in [2.24, 2.45) is 0 Å². The highest BCUT2D eigenvalue weighted by Crippen LogP contribution is 2.28. The summed E-state index contributed by atoms with van der Waals surface area (Å²) in [6.07, 6.45) is 1.17. The molecule has 1 nitrogen and oxygen atoms in total. The Morgan fingerprint density at radius 1 is 1.31 bits per heavy atom. The van der Waals surface area contributed by atoms with Crippen LogP contribution in [0.2, 0.25) is 0 Å². The molecule has 16 heavy (non-hydrogen) atoms. The Balaban J connectivity index is 3.10. The first-order valence-electron chi connectivity index (χ1n) is 5.71. The molecule has 90 valence electrons. The van der Waals surface area contributed by atoms with Crippen molar-refractivity contribution in [3.8, 4) is 0 Å². The smallest absolute Gasteiger partial charge is 0.0420 e. The van der Waals surface area contributed by atoms with Gasteiger partial charge in [0.1, 0.15) is 0 Å². The van der Waals surface area contributed by atoms with Crippen LogP contribution in [0.4, 0.5) is 5.69 Å². The van der Waals surface area contributed by atoms with Gasteiger partial charge in [-0.25, -0.2) is 0 Å². The highest BCUT2D eigenvalue weighted by molar-refractivity contribution is 9.10. The van der Waals surface area contributed by atoms with E-state index in [4.69, 9.17) is 0 Å². The minimum atomic E-state index is 0.534. The fourth-order valence-electron chi connectivity index (χ4n) is 1.82. The van der Waals surface area contributed by atoms with Gasteiger partial charge in [-0.05, 0) is 38.0 Å². The molecule has 0 aromatic heterocycles. The molecule has 3 heteroatoms. The van der Waals surface area contributed by atoms with Gasteiger partial charge in [0.15, 0.2) is 0 Å². The third-order valence-corrected chi connectivity index (χ3v) is 3.69. The Morgan fingerprint density at radius 3 is 2.50 bits per heavy atom. The largest absolute Gasteiger partial charge is 0.369 e. The van der Waals surface area contributed by atoms with Gasteiger partial charge < -0.3 is 4.90 Å². The maximum atomic E-state index is 3.56. The summed E-state index contributed by atoms with van der Waals surface area (Å²) in [6, 6.07) is 7.03. The van der Waals surface area contributed by atoms with E-state index in [-0.39, 0.29) is 0 Å². The molecule has 0 bridgehead atoms. The number of alkyl halides is 1. The second kappa shape index (κ2) is 6.65. The van der Waals surface area contributed by atoms with E-state index in [1.54, 1.807) is 0 Å². The highest BCUT2D eigenvalue weighted by Gasteiger charge is 2.13. The van der Waals surface area contributed by atoms with E-state index in [9.17, 15) is 0 Å². The van der Waals surface area contributed by atoms with E-state index in [0.717, 1.165) is 16.3 Å². The van der Waals surface area contributed by atoms with Crippen LogP contribution in [0.5, 0.6) is 0 Å². The zero-order chi connectivity index (χ0) is 12.1. The van der Waals surface area contributed by atoms with Crippen molar-refractivity contribution >= 4 is 37.5 Å². The van der Waals surface area contributed by atoms with Crippen LogP contribution in [0.25, 0.3) is 0 Å². The standard InChI is InChI=1S/C13H19Br2N/c1-4-7-16(10(2)3)13-8-12(15)6-5-11(13)9-14/h5-6,8,10H,4,7,9H2,1-3H3. The topological polar surface area (TPSA) is 3.24 Å². The van der Waals surface area contributed by atoms with Crippen LogP contribution < -0.4 is 4.90 Å². The first-order valence-corrected chi connectivity index (χ1v) is 7.62. The molecular weight excluding hydrogens is 330 g/mol. The van der Waals surface area contributed by atoms with Crippen LogP contribution in [-0.4, -0.2) is 12.6 Å². The lowest BCUT2D eigenvalue weighted by Crippen LogP contribution is -2.32. The molecule has 0 saturated heterocycles. The van der Waals surface area contributed by atoms with E-state index in [2.05, 4.69) is 75.7 Å². The summed E-state index contributed by atoms with van der Waals surface area (Å²) in [4.78, 5) is 2.46. The summed E-state index contributed by atoms with van der Waals surface area (Å²) in [5.74, 6) is 0. The van der Waals surface area contributed by atoms with Crippen molar-refractivity contribution in [3.05, 3.63) is 28.2 Å². The van der Waals surface area contributed by atoms with Crippen molar-refractivity contribution in [1.82, 2.24) is 0 Å². The van der Waals surface area contributed by atoms with Crippen LogP contribution in [0, 0.1) is 0 Å². The van der Waals surface area contributed by atoms with E-state index in [1.165, 1.54) is 17.7 Å². The number of rotatable bonds is 5. The zero-order valence-electron chi connectivity index (χ0n) is 10.1. The van der Waals surface area contributed by atoms with Gasteiger partial charge in [-0.15, -0.1) is 0 Å². The van der Waals surface area contributed by atoms with Gasteiger partial charge in [-0.1, -0.05) is 44.8 Å². The fraction of sp³-hybridized carbons (Fsp3) is 0.538. The zero-order valence-corrected chi connectivity index (χ0v) is 13.3. The Bertz CT molecular complexity index is 337. The van der Waals surface area contributed by atoms with Gasteiger partial charge in [-0.2, -0.15) is 0 Å². The molecule has 0 heterocycles. The average molecular weight is 349 g/mol. The molecule has 0 radical (unpaired) electrons. The molecule has 1 aromatic carbocycles. The summed E-state index contributed by atoms with van der Waals surface area (Å²) >= 11 is 7.11. The van der Waals surface area contributed by atoms with Gasteiger partial charge in [0.05, 0.1) is 0 Å². The van der Waals surface area contributed by atoms with Crippen molar-refractivity contribution in [2.75, 3.05) is 11.4 Å². The summed E-state index contributed by atoms with van der Waals surface area (Å²) < 4.78 is 1.15. The normalized spacial score (nSPS) is 10.9. The number of benzene rings is 1. The maximum Gasteiger partial charge on any atom is 0.0420 e. The molecule has 1 rings (SSSR count). The Kier molecular flexibility index (Phi) is 5.84. The van der Waals surface area contributed by atoms with E-state index < -0.39 is 0 Å². The predicted octanol–water partition coefficient (Wildman–Crippen LogP) is 4.97. The number of anilines is 1. The molecule has 0 aliphatic carbocycles. The van der Waals surface area contributed by atoms with E-state index in [0.29, 0.717) is 6.04 Å². The summed E-state index contributed by atoms with van der Waals surface area (Å²) in [5.41, 5.74) is 2.69. The molecule has 0 N–H and O–H groups in total. The number of nitrogens with zero attached hydrogens (tertiary/aromatic N) is 1. The summed E-state index contributed by atoms with van der Waals surface area (Å²) in [6.45, 7) is 7.82. The number of hydrogen-bond donors (Lipinski definition) is 0. The van der Waals surface area contributed by atoms with E-state index >= 15 is 0 Å². The minimum Gasteiger partial charge on any atom is -0.369 e. The van der Waals surface area contributed by atoms with Crippen LogP contribution in [-0.2, 0) is 5.33 Å². The van der Waals surface area contributed by atoms with Crippen LogP contribution in [0.3, 0.4) is 0 Å². The van der Waals surface area contributed by atoms with Gasteiger partial charge in [-0.3, -0.25) is 0 Å². The molecule has 0 saturated carbocycles. The molecule has 0 unspecified atom stereocenters. The molecular formula is C13H19Br2N. The van der Waals surface area contributed by atoms with Crippen LogP contribution in [0.1, 0.15) is 32.8 Å². The van der Waals surface area contributed by atoms with E-state index in [1.807, 2.05) is 0 Å². The van der Waals surface area contributed by atoms with Gasteiger partial charge in [0.25, 0.3) is 0 Å². The first-order chi connectivity index (χ1) is 7.60. The lowest BCUT2D eigenvalue weighted by Gasteiger charge is -2.30. The molecule has 0 aliphatic rings. The summed E-state index contributed by atoms with van der Waals surface area (Å²) in [5, 5.41) is 0.905. The number of hydrogen-bond acceptors (Lipinski definition) is 1. The lowest BCUT2D eigenvalue weighted by atomic mass is 10.1. The fourth-order valence-corrected chi connectivity index (χ4v) is 2.64. The average Bonchev–Trinajstić information content (AvgIpc) is 2.25. The molecule has 0 atom stereocenters. The quantitative estimate of drug-likeness (QED) is 0.679. The second-order valence-electron chi connectivity index (χ2n) is 4.19.